The highest BCUT2D eigenvalue weighted by Crippen LogP contribution is 2.27. The van der Waals surface area contributed by atoms with Gasteiger partial charge in [-0.25, -0.2) is 0 Å². The summed E-state index contributed by atoms with van der Waals surface area (Å²) in [6.07, 6.45) is 5.10. The highest BCUT2D eigenvalue weighted by molar-refractivity contribution is 9.10. The number of ether oxygens (including phenoxy) is 1. The highest BCUT2D eigenvalue weighted by Gasteiger charge is 2.24. The molecule has 1 aromatic carbocycles. The summed E-state index contributed by atoms with van der Waals surface area (Å²) in [5, 5.41) is 19.5. The molecule has 1 aliphatic carbocycles. The van der Waals surface area contributed by atoms with Gasteiger partial charge in [-0.3, -0.25) is 4.79 Å². The predicted octanol–water partition coefficient (Wildman–Crippen LogP) is 3.23. The maximum absolute atomic E-state index is 12.1. The molecule has 1 N–H and O–H groups in total. The molecule has 6 nitrogen and oxygen atoms in total. The third-order valence-electron chi connectivity index (χ3n) is 4.18. The Kier molecular flexibility index (Phi) is 5.61. The van der Waals surface area contributed by atoms with E-state index in [2.05, 4.69) is 37.5 Å². The highest BCUT2D eigenvalue weighted by atomic mass is 79.9. The lowest BCUT2D eigenvalue weighted by molar-refractivity contribution is 0.0888. The van der Waals surface area contributed by atoms with Crippen molar-refractivity contribution in [3.8, 4) is 11.8 Å². The number of rotatable bonds is 4. The van der Waals surface area contributed by atoms with Gasteiger partial charge in [-0.1, -0.05) is 0 Å². The van der Waals surface area contributed by atoms with E-state index in [0.717, 1.165) is 35.9 Å². The smallest absolute Gasteiger partial charge is 0.272 e. The molecular formula is C18H17BrN4O2. The van der Waals surface area contributed by atoms with Gasteiger partial charge in [0.15, 0.2) is 5.69 Å². The second-order valence-electron chi connectivity index (χ2n) is 5.93. The van der Waals surface area contributed by atoms with Gasteiger partial charge in [-0.2, -0.15) is 10.4 Å². The lowest BCUT2D eigenvalue weighted by Gasteiger charge is -2.29. The van der Waals surface area contributed by atoms with E-state index in [4.69, 9.17) is 10.00 Å². The molecule has 0 radical (unpaired) electrons. The van der Waals surface area contributed by atoms with Crippen molar-refractivity contribution in [1.29, 1.82) is 5.26 Å². The van der Waals surface area contributed by atoms with E-state index < -0.39 is 0 Å². The lowest BCUT2D eigenvalue weighted by atomic mass is 9.93. The van der Waals surface area contributed by atoms with Gasteiger partial charge in [-0.15, -0.1) is 5.10 Å². The van der Waals surface area contributed by atoms with Crippen molar-refractivity contribution in [3.63, 3.8) is 0 Å². The Morgan fingerprint density at radius 2 is 2.08 bits per heavy atom. The molecule has 1 fully saturated rings. The summed E-state index contributed by atoms with van der Waals surface area (Å²) in [5.41, 5.74) is 0.922. The Labute approximate surface area is 154 Å². The van der Waals surface area contributed by atoms with Crippen molar-refractivity contribution in [2.75, 3.05) is 0 Å². The molecule has 2 aromatic rings. The van der Waals surface area contributed by atoms with Crippen LogP contribution in [-0.2, 0) is 0 Å². The molecule has 3 rings (SSSR count). The van der Waals surface area contributed by atoms with Gasteiger partial charge in [0, 0.05) is 16.7 Å². The van der Waals surface area contributed by atoms with Crippen molar-refractivity contribution >= 4 is 21.8 Å². The van der Waals surface area contributed by atoms with Crippen LogP contribution in [0.4, 0.5) is 0 Å². The number of carbonyl (C=O) groups is 1. The van der Waals surface area contributed by atoms with Crippen LogP contribution in [0.2, 0.25) is 0 Å². The molecule has 0 spiro atoms. The molecule has 7 heteroatoms. The van der Waals surface area contributed by atoms with Gasteiger partial charge in [0.1, 0.15) is 11.8 Å². The van der Waals surface area contributed by atoms with Crippen LogP contribution in [0.1, 0.15) is 41.7 Å². The Balaban J connectivity index is 1.50. The van der Waals surface area contributed by atoms with Crippen molar-refractivity contribution in [1.82, 2.24) is 15.5 Å². The zero-order valence-electron chi connectivity index (χ0n) is 13.5. The number of nitrogens with one attached hydrogen (secondary N) is 1. The molecule has 0 atom stereocenters. The summed E-state index contributed by atoms with van der Waals surface area (Å²) in [4.78, 5) is 12.1. The summed E-state index contributed by atoms with van der Waals surface area (Å²) in [6.45, 7) is 0. The first-order chi connectivity index (χ1) is 12.2. The number of carbonyl (C=O) groups excluding carboxylic acids is 1. The molecule has 1 aromatic heterocycles. The van der Waals surface area contributed by atoms with Gasteiger partial charge in [0.05, 0.1) is 11.7 Å². The van der Waals surface area contributed by atoms with Gasteiger partial charge < -0.3 is 10.1 Å². The summed E-state index contributed by atoms with van der Waals surface area (Å²) in [6, 6.07) is 11.0. The topological polar surface area (TPSA) is 87.9 Å². The molecule has 0 bridgehead atoms. The quantitative estimate of drug-likeness (QED) is 0.850. The second kappa shape index (κ2) is 8.08. The predicted molar refractivity (Wildman–Crippen MR) is 95.0 cm³/mol. The van der Waals surface area contributed by atoms with Crippen LogP contribution in [0.3, 0.4) is 0 Å². The number of halogens is 1. The first-order valence-corrected chi connectivity index (χ1v) is 8.90. The van der Waals surface area contributed by atoms with E-state index in [1.165, 1.54) is 0 Å². The Bertz CT molecular complexity index is 783. The number of nitrogens with zero attached hydrogens (tertiary/aromatic N) is 3. The SMILES string of the molecule is N#Cc1ccc(O[C@H]2CC[C@H](NC(=O)c3cccnn3)CC2)cc1Br. The van der Waals surface area contributed by atoms with Gasteiger partial charge in [0.2, 0.25) is 0 Å². The molecule has 0 aliphatic heterocycles. The first kappa shape index (κ1) is 17.4. The Morgan fingerprint density at radius 3 is 2.72 bits per heavy atom. The molecule has 1 saturated carbocycles. The van der Waals surface area contributed by atoms with Crippen LogP contribution < -0.4 is 10.1 Å². The zero-order chi connectivity index (χ0) is 17.6. The number of amides is 1. The van der Waals surface area contributed by atoms with Crippen LogP contribution in [-0.4, -0.2) is 28.3 Å². The van der Waals surface area contributed by atoms with Crippen LogP contribution in [0.5, 0.6) is 5.75 Å². The maximum Gasteiger partial charge on any atom is 0.272 e. The lowest BCUT2D eigenvalue weighted by Crippen LogP contribution is -2.40. The second-order valence-corrected chi connectivity index (χ2v) is 6.78. The van der Waals surface area contributed by atoms with E-state index in [9.17, 15) is 4.79 Å². The minimum absolute atomic E-state index is 0.115. The number of hydrogen-bond acceptors (Lipinski definition) is 5. The zero-order valence-corrected chi connectivity index (χ0v) is 15.1. The standard InChI is InChI=1S/C18H17BrN4O2/c19-16-10-15(6-3-12(16)11-20)25-14-7-4-13(5-8-14)22-18(24)17-2-1-9-21-23-17/h1-3,6,9-10,13-14H,4-5,7-8H2,(H,22,24)/t13-,14-. The Morgan fingerprint density at radius 1 is 1.28 bits per heavy atom. The molecular weight excluding hydrogens is 384 g/mol. The van der Waals surface area contributed by atoms with Crippen LogP contribution in [0, 0.1) is 11.3 Å². The first-order valence-electron chi connectivity index (χ1n) is 8.10. The summed E-state index contributed by atoms with van der Waals surface area (Å²) in [5.74, 6) is 0.561. The van der Waals surface area contributed by atoms with E-state index in [1.807, 2.05) is 12.1 Å². The van der Waals surface area contributed by atoms with Gasteiger partial charge in [-0.05, 0) is 71.9 Å². The summed E-state index contributed by atoms with van der Waals surface area (Å²) < 4.78 is 6.73. The summed E-state index contributed by atoms with van der Waals surface area (Å²) >= 11 is 3.37. The molecule has 128 valence electrons. The van der Waals surface area contributed by atoms with E-state index in [1.54, 1.807) is 24.4 Å². The van der Waals surface area contributed by atoms with E-state index in [0.29, 0.717) is 11.3 Å². The largest absolute Gasteiger partial charge is 0.490 e. The average molecular weight is 401 g/mol. The van der Waals surface area contributed by atoms with Gasteiger partial charge in [0.25, 0.3) is 5.91 Å². The molecule has 25 heavy (non-hydrogen) atoms. The van der Waals surface area contributed by atoms with Crippen LogP contribution in [0.15, 0.2) is 41.0 Å². The minimum atomic E-state index is -0.187. The number of benzene rings is 1. The Hall–Kier alpha value is -2.46. The third kappa shape index (κ3) is 4.54. The third-order valence-corrected chi connectivity index (χ3v) is 4.83. The molecule has 1 heterocycles. The van der Waals surface area contributed by atoms with Crippen molar-refractivity contribution in [2.24, 2.45) is 0 Å². The fourth-order valence-corrected chi connectivity index (χ4v) is 3.31. The molecule has 1 amide bonds. The number of nitriles is 1. The monoisotopic (exact) mass is 400 g/mol. The summed E-state index contributed by atoms with van der Waals surface area (Å²) in [7, 11) is 0. The maximum atomic E-state index is 12.1. The van der Waals surface area contributed by atoms with Crippen molar-refractivity contribution in [2.45, 2.75) is 37.8 Å². The molecule has 0 unspecified atom stereocenters. The molecule has 0 saturated heterocycles. The van der Waals surface area contributed by atoms with Gasteiger partial charge >= 0.3 is 0 Å². The van der Waals surface area contributed by atoms with Crippen molar-refractivity contribution in [3.05, 3.63) is 52.3 Å². The normalized spacial score (nSPS) is 19.7. The van der Waals surface area contributed by atoms with Crippen molar-refractivity contribution < 1.29 is 9.53 Å². The number of aromatic nitrogens is 2. The van der Waals surface area contributed by atoms with E-state index in [-0.39, 0.29) is 18.1 Å². The van der Waals surface area contributed by atoms with Crippen LogP contribution in [0.25, 0.3) is 0 Å². The fraction of sp³-hybridized carbons (Fsp3) is 0.333. The molecule has 1 aliphatic rings. The van der Waals surface area contributed by atoms with Crippen LogP contribution >= 0.6 is 15.9 Å². The minimum Gasteiger partial charge on any atom is -0.490 e. The number of hydrogen-bond donors (Lipinski definition) is 1. The van der Waals surface area contributed by atoms with E-state index >= 15 is 0 Å². The average Bonchev–Trinajstić information content (AvgIpc) is 2.64. The fourth-order valence-electron chi connectivity index (χ4n) is 2.86.